The Labute approximate surface area is 162 Å². The Bertz CT molecular complexity index is 987. The number of carbonyl (C=O) groups is 1. The normalized spacial score (nSPS) is 11.3. The number of aryl methyl sites for hydroxylation is 1. The van der Waals surface area contributed by atoms with E-state index >= 15 is 0 Å². The average Bonchev–Trinajstić information content (AvgIpc) is 3.11. The van der Waals surface area contributed by atoms with Crippen molar-refractivity contribution in [1.82, 2.24) is 9.97 Å². The number of thiazole rings is 1. The minimum atomic E-state index is -3.46. The van der Waals surface area contributed by atoms with Gasteiger partial charge in [0.05, 0.1) is 11.4 Å². The number of sulfone groups is 1. The zero-order valence-corrected chi connectivity index (χ0v) is 16.2. The molecule has 0 unspecified atom stereocenters. The van der Waals surface area contributed by atoms with Gasteiger partial charge in [-0.15, -0.1) is 11.3 Å². The number of anilines is 1. The molecule has 2 heterocycles. The van der Waals surface area contributed by atoms with Gasteiger partial charge in [0, 0.05) is 11.6 Å². The number of hydrogen-bond donors (Lipinski definition) is 1. The Morgan fingerprint density at radius 2 is 1.81 bits per heavy atom. The summed E-state index contributed by atoms with van der Waals surface area (Å²) in [6, 6.07) is 15.2. The molecule has 0 spiro atoms. The van der Waals surface area contributed by atoms with Crippen LogP contribution in [0.2, 0.25) is 0 Å². The van der Waals surface area contributed by atoms with Crippen LogP contribution in [0.1, 0.15) is 12.0 Å². The van der Waals surface area contributed by atoms with E-state index < -0.39 is 21.5 Å². The van der Waals surface area contributed by atoms with Crippen LogP contribution in [-0.4, -0.2) is 35.8 Å². The van der Waals surface area contributed by atoms with Gasteiger partial charge in [-0.3, -0.25) is 9.78 Å². The Kier molecular flexibility index (Phi) is 6.31. The van der Waals surface area contributed by atoms with Crippen LogP contribution in [0.3, 0.4) is 0 Å². The summed E-state index contributed by atoms with van der Waals surface area (Å²) in [6.45, 7) is 0. The highest BCUT2D eigenvalue weighted by atomic mass is 32.2. The van der Waals surface area contributed by atoms with Gasteiger partial charge >= 0.3 is 0 Å². The lowest BCUT2D eigenvalue weighted by atomic mass is 10.1. The van der Waals surface area contributed by atoms with Crippen LogP contribution in [-0.2, 0) is 21.1 Å². The molecule has 3 rings (SSSR count). The molecule has 0 aliphatic heterocycles. The topological polar surface area (TPSA) is 89.0 Å². The summed E-state index contributed by atoms with van der Waals surface area (Å²) in [7, 11) is -3.46. The molecule has 8 heteroatoms. The average molecular weight is 402 g/mol. The highest BCUT2D eigenvalue weighted by Crippen LogP contribution is 2.23. The molecule has 0 saturated carbocycles. The Morgan fingerprint density at radius 3 is 2.56 bits per heavy atom. The predicted molar refractivity (Wildman–Crippen MR) is 107 cm³/mol. The molecule has 0 bridgehead atoms. The van der Waals surface area contributed by atoms with Crippen molar-refractivity contribution in [2.24, 2.45) is 0 Å². The van der Waals surface area contributed by atoms with E-state index in [1.807, 2.05) is 42.5 Å². The summed E-state index contributed by atoms with van der Waals surface area (Å²) in [5.41, 5.74) is 2.42. The lowest BCUT2D eigenvalue weighted by molar-refractivity contribution is -0.113. The first-order valence-electron chi connectivity index (χ1n) is 8.43. The molecule has 0 atom stereocenters. The lowest BCUT2D eigenvalue weighted by Crippen LogP contribution is -2.24. The number of aromatic nitrogens is 2. The Hall–Kier alpha value is -2.58. The standard InChI is InChI=1S/C19H19N3O3S2/c23-18(14-27(24,25)12-6-9-15-7-2-1-3-8-15)22-19-21-17(13-26-19)16-10-4-5-11-20-16/h1-5,7-8,10-11,13H,6,9,12,14H2,(H,21,22,23). The van der Waals surface area contributed by atoms with Crippen molar-refractivity contribution in [3.63, 3.8) is 0 Å². The van der Waals surface area contributed by atoms with E-state index in [0.717, 1.165) is 5.56 Å². The van der Waals surface area contributed by atoms with E-state index in [1.54, 1.807) is 17.6 Å². The number of pyridine rings is 1. The van der Waals surface area contributed by atoms with E-state index in [9.17, 15) is 13.2 Å². The number of rotatable bonds is 8. The number of benzene rings is 1. The maximum Gasteiger partial charge on any atom is 0.241 e. The zero-order chi connectivity index (χ0) is 19.1. The smallest absolute Gasteiger partial charge is 0.241 e. The van der Waals surface area contributed by atoms with Crippen molar-refractivity contribution in [2.45, 2.75) is 12.8 Å². The molecule has 2 aromatic heterocycles. The summed E-state index contributed by atoms with van der Waals surface area (Å²) in [4.78, 5) is 20.5. The Morgan fingerprint density at radius 1 is 1.04 bits per heavy atom. The number of nitrogens with one attached hydrogen (secondary N) is 1. The summed E-state index contributed by atoms with van der Waals surface area (Å²) in [6.07, 6.45) is 2.82. The third-order valence-corrected chi connectivity index (χ3v) is 6.16. The summed E-state index contributed by atoms with van der Waals surface area (Å²) in [5, 5.41) is 4.69. The molecule has 0 radical (unpaired) electrons. The van der Waals surface area contributed by atoms with E-state index in [2.05, 4.69) is 15.3 Å². The van der Waals surface area contributed by atoms with Crippen molar-refractivity contribution < 1.29 is 13.2 Å². The van der Waals surface area contributed by atoms with Crippen molar-refractivity contribution in [3.8, 4) is 11.4 Å². The van der Waals surface area contributed by atoms with Gasteiger partial charge in [-0.2, -0.15) is 0 Å². The molecule has 1 amide bonds. The summed E-state index contributed by atoms with van der Waals surface area (Å²) >= 11 is 1.24. The van der Waals surface area contributed by atoms with Crippen molar-refractivity contribution in [3.05, 3.63) is 65.7 Å². The maximum atomic E-state index is 12.2. The molecule has 0 aliphatic rings. The fourth-order valence-corrected chi connectivity index (χ4v) is 4.45. The second-order valence-corrected chi connectivity index (χ2v) is 9.02. The van der Waals surface area contributed by atoms with Gasteiger partial charge in [0.2, 0.25) is 5.91 Å². The molecule has 6 nitrogen and oxygen atoms in total. The number of carbonyl (C=O) groups excluding carboxylic acids is 1. The van der Waals surface area contributed by atoms with Crippen LogP contribution in [0.5, 0.6) is 0 Å². The summed E-state index contributed by atoms with van der Waals surface area (Å²) in [5.74, 6) is -1.14. The van der Waals surface area contributed by atoms with Gasteiger partial charge in [0.25, 0.3) is 0 Å². The highest BCUT2D eigenvalue weighted by Gasteiger charge is 2.18. The van der Waals surface area contributed by atoms with Crippen LogP contribution < -0.4 is 5.32 Å². The quantitative estimate of drug-likeness (QED) is 0.626. The number of hydrogen-bond acceptors (Lipinski definition) is 6. The van der Waals surface area contributed by atoms with Crippen molar-refractivity contribution >= 4 is 32.2 Å². The second-order valence-electron chi connectivity index (χ2n) is 5.98. The second kappa shape index (κ2) is 8.88. The molecule has 0 fully saturated rings. The van der Waals surface area contributed by atoms with E-state index in [-0.39, 0.29) is 5.75 Å². The van der Waals surface area contributed by atoms with Crippen LogP contribution in [0, 0.1) is 0 Å². The third-order valence-electron chi connectivity index (χ3n) is 3.79. The first-order valence-corrected chi connectivity index (χ1v) is 11.1. The van der Waals surface area contributed by atoms with Gasteiger partial charge in [-0.25, -0.2) is 13.4 Å². The predicted octanol–water partition coefficient (Wildman–Crippen LogP) is 3.19. The third kappa shape index (κ3) is 5.97. The minimum Gasteiger partial charge on any atom is -0.301 e. The molecule has 27 heavy (non-hydrogen) atoms. The molecular formula is C19H19N3O3S2. The lowest BCUT2D eigenvalue weighted by Gasteiger charge is -2.05. The van der Waals surface area contributed by atoms with Gasteiger partial charge in [0.1, 0.15) is 11.4 Å². The van der Waals surface area contributed by atoms with E-state index in [4.69, 9.17) is 0 Å². The monoisotopic (exact) mass is 401 g/mol. The van der Waals surface area contributed by atoms with E-state index in [1.165, 1.54) is 11.3 Å². The van der Waals surface area contributed by atoms with Crippen LogP contribution >= 0.6 is 11.3 Å². The first kappa shape index (κ1) is 19.2. The maximum absolute atomic E-state index is 12.2. The molecule has 0 saturated heterocycles. The molecule has 0 aliphatic carbocycles. The van der Waals surface area contributed by atoms with Gasteiger partial charge < -0.3 is 5.32 Å². The van der Waals surface area contributed by atoms with Gasteiger partial charge in [-0.1, -0.05) is 36.4 Å². The van der Waals surface area contributed by atoms with Gasteiger partial charge in [0.15, 0.2) is 15.0 Å². The largest absolute Gasteiger partial charge is 0.301 e. The van der Waals surface area contributed by atoms with Crippen molar-refractivity contribution in [2.75, 3.05) is 16.8 Å². The molecule has 140 valence electrons. The highest BCUT2D eigenvalue weighted by molar-refractivity contribution is 7.92. The summed E-state index contributed by atoms with van der Waals surface area (Å²) < 4.78 is 24.3. The van der Waals surface area contributed by atoms with E-state index in [0.29, 0.717) is 29.4 Å². The van der Waals surface area contributed by atoms with Gasteiger partial charge in [-0.05, 0) is 30.5 Å². The molecular weight excluding hydrogens is 382 g/mol. The van der Waals surface area contributed by atoms with Crippen LogP contribution in [0.15, 0.2) is 60.1 Å². The molecule has 1 aromatic carbocycles. The fourth-order valence-electron chi connectivity index (χ4n) is 2.53. The van der Waals surface area contributed by atoms with Crippen LogP contribution in [0.25, 0.3) is 11.4 Å². The SMILES string of the molecule is O=C(CS(=O)(=O)CCCc1ccccc1)Nc1nc(-c2ccccn2)cs1. The molecule has 3 aromatic rings. The van der Waals surface area contributed by atoms with Crippen molar-refractivity contribution in [1.29, 1.82) is 0 Å². The Balaban J connectivity index is 1.50. The fraction of sp³-hybridized carbons (Fsp3) is 0.211. The zero-order valence-electron chi connectivity index (χ0n) is 14.5. The van der Waals surface area contributed by atoms with Crippen LogP contribution in [0.4, 0.5) is 5.13 Å². The number of amides is 1. The first-order chi connectivity index (χ1) is 13.0. The minimum absolute atomic E-state index is 0.0215. The number of nitrogens with zero attached hydrogens (tertiary/aromatic N) is 2. The molecule has 1 N–H and O–H groups in total.